The van der Waals surface area contributed by atoms with Crippen LogP contribution in [0.4, 0.5) is 10.3 Å². The minimum absolute atomic E-state index is 0.0128. The van der Waals surface area contributed by atoms with Crippen LogP contribution in [0.25, 0.3) is 0 Å². The molecule has 2 saturated heterocycles. The molecule has 7 heteroatoms. The van der Waals surface area contributed by atoms with Crippen molar-refractivity contribution in [3.8, 4) is 0 Å². The summed E-state index contributed by atoms with van der Waals surface area (Å²) >= 11 is 0. The number of halogens is 1. The molecule has 0 aromatic carbocycles. The second-order valence-electron chi connectivity index (χ2n) is 5.15. The number of carbonyl (C=O) groups is 1. The van der Waals surface area contributed by atoms with E-state index >= 15 is 0 Å². The number of nitrogens with zero attached hydrogens (tertiary/aromatic N) is 4. The lowest BCUT2D eigenvalue weighted by Gasteiger charge is -2.35. The Labute approximate surface area is 117 Å². The van der Waals surface area contributed by atoms with E-state index in [1.165, 1.54) is 0 Å². The average Bonchev–Trinajstić information content (AvgIpc) is 2.94. The molecule has 3 heterocycles. The zero-order chi connectivity index (χ0) is 13.9. The average molecular weight is 279 g/mol. The zero-order valence-corrected chi connectivity index (χ0v) is 11.2. The van der Waals surface area contributed by atoms with E-state index in [0.29, 0.717) is 38.5 Å². The van der Waals surface area contributed by atoms with Crippen molar-refractivity contribution in [3.05, 3.63) is 18.5 Å². The van der Waals surface area contributed by atoms with E-state index in [-0.39, 0.29) is 18.5 Å². The van der Waals surface area contributed by atoms with Gasteiger partial charge in [-0.25, -0.2) is 14.4 Å². The quantitative estimate of drug-likeness (QED) is 0.814. The maximum atomic E-state index is 13.1. The van der Waals surface area contributed by atoms with Gasteiger partial charge < -0.3 is 15.1 Å². The monoisotopic (exact) mass is 279 g/mol. The van der Waals surface area contributed by atoms with Gasteiger partial charge in [0.2, 0.25) is 11.9 Å². The molecular weight excluding hydrogens is 261 g/mol. The number of carbonyl (C=O) groups excluding carboxylic acids is 1. The van der Waals surface area contributed by atoms with Gasteiger partial charge in [0, 0.05) is 51.5 Å². The van der Waals surface area contributed by atoms with E-state index in [4.69, 9.17) is 0 Å². The van der Waals surface area contributed by atoms with E-state index in [1.807, 2.05) is 0 Å². The molecule has 2 aliphatic rings. The Bertz CT molecular complexity index is 463. The summed E-state index contributed by atoms with van der Waals surface area (Å²) in [6, 6.07) is 1.42. The molecule has 0 radical (unpaired) electrons. The summed E-state index contributed by atoms with van der Waals surface area (Å²) in [7, 11) is 0. The molecule has 6 nitrogen and oxygen atoms in total. The normalized spacial score (nSPS) is 26.9. The summed E-state index contributed by atoms with van der Waals surface area (Å²) in [6.45, 7) is 2.97. The van der Waals surface area contributed by atoms with E-state index in [1.54, 1.807) is 23.4 Å². The molecule has 0 bridgehead atoms. The van der Waals surface area contributed by atoms with Gasteiger partial charge in [-0.05, 0) is 6.07 Å². The fourth-order valence-electron chi connectivity index (χ4n) is 2.68. The van der Waals surface area contributed by atoms with Crippen molar-refractivity contribution in [2.45, 2.75) is 18.6 Å². The van der Waals surface area contributed by atoms with Gasteiger partial charge in [0.1, 0.15) is 6.17 Å². The van der Waals surface area contributed by atoms with Crippen LogP contribution in [0.2, 0.25) is 0 Å². The first-order valence-electron chi connectivity index (χ1n) is 6.92. The lowest BCUT2D eigenvalue weighted by atomic mass is 10.1. The summed E-state index contributed by atoms with van der Waals surface area (Å²) in [5.74, 6) is 0.709. The predicted molar refractivity (Wildman–Crippen MR) is 72.1 cm³/mol. The van der Waals surface area contributed by atoms with Crippen molar-refractivity contribution < 1.29 is 9.18 Å². The number of hydrogen-bond acceptors (Lipinski definition) is 5. The first-order chi connectivity index (χ1) is 9.74. The highest BCUT2D eigenvalue weighted by Gasteiger charge is 2.33. The Hall–Kier alpha value is -1.76. The molecule has 0 aliphatic carbocycles. The molecule has 108 valence electrons. The number of nitrogens with one attached hydrogen (secondary N) is 1. The van der Waals surface area contributed by atoms with Gasteiger partial charge in [0.05, 0.1) is 6.04 Å². The molecule has 1 aromatic rings. The minimum Gasteiger partial charge on any atom is -0.338 e. The van der Waals surface area contributed by atoms with Crippen molar-refractivity contribution in [2.24, 2.45) is 0 Å². The second-order valence-corrected chi connectivity index (χ2v) is 5.15. The Balaban J connectivity index is 1.55. The van der Waals surface area contributed by atoms with Crippen LogP contribution in [0.1, 0.15) is 6.42 Å². The lowest BCUT2D eigenvalue weighted by Crippen LogP contribution is -2.53. The maximum absolute atomic E-state index is 13.1. The highest BCUT2D eigenvalue weighted by molar-refractivity contribution is 5.82. The second kappa shape index (κ2) is 5.70. The van der Waals surface area contributed by atoms with E-state index in [9.17, 15) is 9.18 Å². The van der Waals surface area contributed by atoms with Gasteiger partial charge in [0.25, 0.3) is 0 Å². The largest absolute Gasteiger partial charge is 0.338 e. The number of hydrogen-bond donors (Lipinski definition) is 1. The molecule has 0 unspecified atom stereocenters. The fourth-order valence-corrected chi connectivity index (χ4v) is 2.68. The van der Waals surface area contributed by atoms with E-state index in [0.717, 1.165) is 0 Å². The lowest BCUT2D eigenvalue weighted by molar-refractivity contribution is -0.133. The number of rotatable bonds is 2. The van der Waals surface area contributed by atoms with Crippen molar-refractivity contribution in [2.75, 3.05) is 37.6 Å². The van der Waals surface area contributed by atoms with Crippen LogP contribution in [0.3, 0.4) is 0 Å². The van der Waals surface area contributed by atoms with Gasteiger partial charge in [-0.15, -0.1) is 0 Å². The van der Waals surface area contributed by atoms with E-state index in [2.05, 4.69) is 20.2 Å². The van der Waals surface area contributed by atoms with Crippen LogP contribution in [0, 0.1) is 0 Å². The summed E-state index contributed by atoms with van der Waals surface area (Å²) < 4.78 is 13.1. The highest BCUT2D eigenvalue weighted by Crippen LogP contribution is 2.15. The van der Waals surface area contributed by atoms with Crippen LogP contribution < -0.4 is 10.2 Å². The summed E-state index contributed by atoms with van der Waals surface area (Å²) in [5.41, 5.74) is 0. The van der Waals surface area contributed by atoms with Crippen LogP contribution in [-0.4, -0.2) is 65.7 Å². The van der Waals surface area contributed by atoms with Crippen molar-refractivity contribution in [1.82, 2.24) is 20.2 Å². The molecular formula is C13H18FN5O. The fraction of sp³-hybridized carbons (Fsp3) is 0.615. The van der Waals surface area contributed by atoms with Gasteiger partial charge in [-0.3, -0.25) is 4.79 Å². The third kappa shape index (κ3) is 2.72. The van der Waals surface area contributed by atoms with Crippen molar-refractivity contribution in [3.63, 3.8) is 0 Å². The molecule has 1 amide bonds. The minimum atomic E-state index is -0.900. The number of alkyl halides is 1. The van der Waals surface area contributed by atoms with Gasteiger partial charge >= 0.3 is 0 Å². The van der Waals surface area contributed by atoms with Crippen LogP contribution >= 0.6 is 0 Å². The molecule has 0 spiro atoms. The molecule has 2 fully saturated rings. The third-order valence-electron chi connectivity index (χ3n) is 3.80. The van der Waals surface area contributed by atoms with Gasteiger partial charge in [-0.2, -0.15) is 0 Å². The Kier molecular flexibility index (Phi) is 3.77. The zero-order valence-electron chi connectivity index (χ0n) is 11.2. The summed E-state index contributed by atoms with van der Waals surface area (Å²) in [5, 5.41) is 2.94. The molecule has 1 N–H and O–H groups in total. The first kappa shape index (κ1) is 13.2. The molecule has 20 heavy (non-hydrogen) atoms. The van der Waals surface area contributed by atoms with Crippen LogP contribution in [-0.2, 0) is 4.79 Å². The number of aromatic nitrogens is 2. The topological polar surface area (TPSA) is 61.4 Å². The molecule has 2 atom stereocenters. The maximum Gasteiger partial charge on any atom is 0.239 e. The molecule has 2 aliphatic heterocycles. The van der Waals surface area contributed by atoms with Gasteiger partial charge in [-0.1, -0.05) is 0 Å². The smallest absolute Gasteiger partial charge is 0.239 e. The van der Waals surface area contributed by atoms with Crippen LogP contribution in [0.5, 0.6) is 0 Å². The number of piperazine rings is 1. The van der Waals surface area contributed by atoms with Crippen molar-refractivity contribution >= 4 is 11.9 Å². The SMILES string of the molecule is O=C([C@H]1C[C@H](F)CN1)N1CCN(c2ncccn2)CC1. The Morgan fingerprint density at radius 3 is 2.55 bits per heavy atom. The Morgan fingerprint density at radius 2 is 1.95 bits per heavy atom. The van der Waals surface area contributed by atoms with Crippen LogP contribution in [0.15, 0.2) is 18.5 Å². The summed E-state index contributed by atoms with van der Waals surface area (Å²) in [4.78, 5) is 24.5. The molecule has 3 rings (SSSR count). The summed E-state index contributed by atoms with van der Waals surface area (Å²) in [6.07, 6.45) is 2.82. The Morgan fingerprint density at radius 1 is 1.25 bits per heavy atom. The highest BCUT2D eigenvalue weighted by atomic mass is 19.1. The first-order valence-corrected chi connectivity index (χ1v) is 6.92. The molecule has 1 aromatic heterocycles. The number of anilines is 1. The van der Waals surface area contributed by atoms with Gasteiger partial charge in [0.15, 0.2) is 0 Å². The van der Waals surface area contributed by atoms with E-state index < -0.39 is 6.17 Å². The molecule has 0 saturated carbocycles. The predicted octanol–water partition coefficient (Wildman–Crippen LogP) is -0.175. The number of amides is 1. The standard InChI is InChI=1S/C13H18FN5O/c14-10-8-11(17-9-10)12(20)18-4-6-19(7-5-18)13-15-2-1-3-16-13/h1-3,10-11,17H,4-9H2/t10-,11+/m0/s1. The van der Waals surface area contributed by atoms with Crippen molar-refractivity contribution in [1.29, 1.82) is 0 Å². The third-order valence-corrected chi connectivity index (χ3v) is 3.80.